The van der Waals surface area contributed by atoms with Crippen LogP contribution in [-0.4, -0.2) is 0 Å². The molecular formula is C21H44. The van der Waals surface area contributed by atoms with Crippen molar-refractivity contribution in [3.63, 3.8) is 0 Å². The largest absolute Gasteiger partial charge is 0.0651 e. The van der Waals surface area contributed by atoms with Crippen molar-refractivity contribution in [1.29, 1.82) is 0 Å². The Morgan fingerprint density at radius 2 is 0.762 bits per heavy atom. The van der Waals surface area contributed by atoms with Gasteiger partial charge in [0.1, 0.15) is 0 Å². The fourth-order valence-electron chi connectivity index (χ4n) is 3.84. The lowest BCUT2D eigenvalue weighted by Gasteiger charge is -2.36. The van der Waals surface area contributed by atoms with Gasteiger partial charge in [-0.2, -0.15) is 0 Å². The van der Waals surface area contributed by atoms with E-state index in [-0.39, 0.29) is 0 Å². The molecule has 0 saturated heterocycles. The maximum Gasteiger partial charge on any atom is -0.0386 e. The molecule has 0 saturated carbocycles. The maximum absolute atomic E-state index is 2.49. The molecule has 8 unspecified atom stereocenters. The van der Waals surface area contributed by atoms with E-state index in [4.69, 9.17) is 0 Å². The normalized spacial score (nSPS) is 23.7. The van der Waals surface area contributed by atoms with Crippen molar-refractivity contribution >= 4 is 0 Å². The van der Waals surface area contributed by atoms with Crippen LogP contribution in [0, 0.1) is 47.3 Å². The molecule has 0 rings (SSSR count). The van der Waals surface area contributed by atoms with Gasteiger partial charge < -0.3 is 0 Å². The van der Waals surface area contributed by atoms with Crippen LogP contribution in [0.3, 0.4) is 0 Å². The fraction of sp³-hybridized carbons (Fsp3) is 1.00. The minimum absolute atomic E-state index is 0.834. The summed E-state index contributed by atoms with van der Waals surface area (Å²) >= 11 is 0. The van der Waals surface area contributed by atoms with Gasteiger partial charge in [-0.15, -0.1) is 0 Å². The highest BCUT2D eigenvalue weighted by Gasteiger charge is 2.28. The predicted octanol–water partition coefficient (Wildman–Crippen LogP) is 7.29. The number of rotatable bonds is 10. The van der Waals surface area contributed by atoms with E-state index >= 15 is 0 Å². The SMILES string of the molecule is CCC(C)C(C)C(C)CC(C)C(C)C(C)C(C)C(C)CC. The Morgan fingerprint density at radius 3 is 1.19 bits per heavy atom. The zero-order valence-corrected chi connectivity index (χ0v) is 16.7. The quantitative estimate of drug-likeness (QED) is 0.397. The molecule has 0 aliphatic carbocycles. The lowest BCUT2D eigenvalue weighted by Crippen LogP contribution is -2.28. The Hall–Kier alpha value is 0. The molecule has 0 fully saturated rings. The minimum atomic E-state index is 0.834. The fourth-order valence-corrected chi connectivity index (χ4v) is 3.84. The Morgan fingerprint density at radius 1 is 0.429 bits per heavy atom. The molecule has 0 nitrogen and oxygen atoms in total. The predicted molar refractivity (Wildman–Crippen MR) is 98.5 cm³/mol. The van der Waals surface area contributed by atoms with Crippen molar-refractivity contribution in [3.8, 4) is 0 Å². The van der Waals surface area contributed by atoms with Crippen molar-refractivity contribution in [1.82, 2.24) is 0 Å². The molecule has 0 aliphatic rings. The van der Waals surface area contributed by atoms with Crippen molar-refractivity contribution in [2.45, 2.75) is 88.5 Å². The Labute approximate surface area is 136 Å². The van der Waals surface area contributed by atoms with Crippen LogP contribution in [-0.2, 0) is 0 Å². The van der Waals surface area contributed by atoms with E-state index in [2.05, 4.69) is 69.2 Å². The second kappa shape index (κ2) is 9.90. The Balaban J connectivity index is 4.53. The molecule has 0 aliphatic heterocycles. The molecule has 0 N–H and O–H groups in total. The summed E-state index contributed by atoms with van der Waals surface area (Å²) in [6.07, 6.45) is 4.02. The summed E-state index contributed by atoms with van der Waals surface area (Å²) < 4.78 is 0. The zero-order valence-electron chi connectivity index (χ0n) is 16.7. The highest BCUT2D eigenvalue weighted by molar-refractivity contribution is 4.78. The van der Waals surface area contributed by atoms with Crippen LogP contribution in [0.25, 0.3) is 0 Å². The first-order valence-electron chi connectivity index (χ1n) is 9.67. The van der Waals surface area contributed by atoms with Gasteiger partial charge in [-0.25, -0.2) is 0 Å². The minimum Gasteiger partial charge on any atom is -0.0651 e. The van der Waals surface area contributed by atoms with Crippen molar-refractivity contribution in [3.05, 3.63) is 0 Å². The Kier molecular flexibility index (Phi) is 9.90. The molecule has 0 aromatic carbocycles. The summed E-state index contributed by atoms with van der Waals surface area (Å²) in [5.41, 5.74) is 0. The van der Waals surface area contributed by atoms with Gasteiger partial charge in [0.05, 0.1) is 0 Å². The molecule has 0 aromatic rings. The topological polar surface area (TPSA) is 0 Å². The van der Waals surface area contributed by atoms with E-state index in [1.165, 1.54) is 19.3 Å². The van der Waals surface area contributed by atoms with Crippen LogP contribution < -0.4 is 0 Å². The summed E-state index contributed by atoms with van der Waals surface area (Å²) in [6, 6.07) is 0. The van der Waals surface area contributed by atoms with Crippen LogP contribution in [0.4, 0.5) is 0 Å². The lowest BCUT2D eigenvalue weighted by molar-refractivity contribution is 0.137. The van der Waals surface area contributed by atoms with Gasteiger partial charge in [-0.1, -0.05) is 82.1 Å². The smallest absolute Gasteiger partial charge is 0.0386 e. The van der Waals surface area contributed by atoms with Gasteiger partial charge in [-0.3, -0.25) is 0 Å². The van der Waals surface area contributed by atoms with E-state index in [9.17, 15) is 0 Å². The monoisotopic (exact) mass is 296 g/mol. The van der Waals surface area contributed by atoms with Gasteiger partial charge in [-0.05, 0) is 53.8 Å². The second-order valence-electron chi connectivity index (χ2n) is 8.40. The van der Waals surface area contributed by atoms with E-state index in [0.29, 0.717) is 0 Å². The van der Waals surface area contributed by atoms with Crippen LogP contribution in [0.15, 0.2) is 0 Å². The highest BCUT2D eigenvalue weighted by Crippen LogP contribution is 2.36. The zero-order chi connectivity index (χ0) is 16.7. The third kappa shape index (κ3) is 6.33. The van der Waals surface area contributed by atoms with Crippen LogP contribution in [0.2, 0.25) is 0 Å². The van der Waals surface area contributed by atoms with Crippen LogP contribution in [0.1, 0.15) is 88.5 Å². The van der Waals surface area contributed by atoms with Crippen LogP contribution in [0.5, 0.6) is 0 Å². The molecule has 0 amide bonds. The molecule has 128 valence electrons. The van der Waals surface area contributed by atoms with Gasteiger partial charge >= 0.3 is 0 Å². The van der Waals surface area contributed by atoms with Crippen LogP contribution >= 0.6 is 0 Å². The van der Waals surface area contributed by atoms with Gasteiger partial charge in [0, 0.05) is 0 Å². The van der Waals surface area contributed by atoms with Gasteiger partial charge in [0.2, 0.25) is 0 Å². The molecule has 0 heterocycles. The average Bonchev–Trinajstić information content (AvgIpc) is 2.49. The van der Waals surface area contributed by atoms with Crippen molar-refractivity contribution < 1.29 is 0 Å². The van der Waals surface area contributed by atoms with Gasteiger partial charge in [0.15, 0.2) is 0 Å². The summed E-state index contributed by atoms with van der Waals surface area (Å²) in [6.45, 7) is 24.4. The maximum atomic E-state index is 2.49. The summed E-state index contributed by atoms with van der Waals surface area (Å²) in [5, 5.41) is 0. The standard InChI is InChI=1S/C21H44/c1-11-14(3)18(7)16(5)13-17(6)20(9)21(10)19(8)15(4)12-2/h14-21H,11-13H2,1-10H3. The third-order valence-corrected chi connectivity index (χ3v) is 7.28. The molecule has 8 atom stereocenters. The van der Waals surface area contributed by atoms with E-state index < -0.39 is 0 Å². The number of hydrogen-bond donors (Lipinski definition) is 0. The first-order chi connectivity index (χ1) is 9.67. The van der Waals surface area contributed by atoms with E-state index in [1.54, 1.807) is 0 Å². The Bertz CT molecular complexity index is 257. The lowest BCUT2D eigenvalue weighted by atomic mass is 9.70. The van der Waals surface area contributed by atoms with Gasteiger partial charge in [0.25, 0.3) is 0 Å². The first-order valence-corrected chi connectivity index (χ1v) is 9.67. The molecule has 0 radical (unpaired) electrons. The molecule has 21 heavy (non-hydrogen) atoms. The first kappa shape index (κ1) is 21.0. The van der Waals surface area contributed by atoms with Crippen molar-refractivity contribution in [2.24, 2.45) is 47.3 Å². The molecule has 0 heteroatoms. The second-order valence-corrected chi connectivity index (χ2v) is 8.40. The third-order valence-electron chi connectivity index (χ3n) is 7.28. The molecule has 0 aromatic heterocycles. The molecular weight excluding hydrogens is 252 g/mol. The summed E-state index contributed by atoms with van der Waals surface area (Å²) in [5.74, 6) is 6.77. The average molecular weight is 297 g/mol. The molecule has 0 spiro atoms. The highest BCUT2D eigenvalue weighted by atomic mass is 14.3. The van der Waals surface area contributed by atoms with Crippen molar-refractivity contribution in [2.75, 3.05) is 0 Å². The summed E-state index contributed by atoms with van der Waals surface area (Å²) in [4.78, 5) is 0. The summed E-state index contributed by atoms with van der Waals surface area (Å²) in [7, 11) is 0. The van der Waals surface area contributed by atoms with E-state index in [0.717, 1.165) is 47.3 Å². The molecule has 0 bridgehead atoms. The number of hydrogen-bond acceptors (Lipinski definition) is 0. The van der Waals surface area contributed by atoms with E-state index in [1.807, 2.05) is 0 Å².